The van der Waals surface area contributed by atoms with E-state index in [4.69, 9.17) is 24.4 Å². The van der Waals surface area contributed by atoms with Crippen LogP contribution in [0, 0.1) is 0 Å². The van der Waals surface area contributed by atoms with Crippen molar-refractivity contribution in [3.63, 3.8) is 0 Å². The lowest BCUT2D eigenvalue weighted by Crippen LogP contribution is -2.38. The van der Waals surface area contributed by atoms with Crippen molar-refractivity contribution >= 4 is 45.7 Å². The first kappa shape index (κ1) is 37.3. The molecular weight excluding hydrogens is 527 g/mol. The summed E-state index contributed by atoms with van der Waals surface area (Å²) in [5.74, 6) is 0. The van der Waals surface area contributed by atoms with Gasteiger partial charge in [-0.05, 0) is 81.9 Å². The maximum Gasteiger partial charge on any atom is 0.0840 e. The number of aryl methyl sites for hydroxylation is 1. The van der Waals surface area contributed by atoms with E-state index >= 15 is 0 Å². The van der Waals surface area contributed by atoms with E-state index in [0.717, 1.165) is 35.0 Å². The quantitative estimate of drug-likeness (QED) is 0.159. The SMILES string of the molecule is C/C=C\N=C(C)C(C)=S.C=C.C=C.CCCN(CCC)C1CC(=S)N(c2cccc(-c3ccc(CC)cc3)c2)C1. The molecular formula is C35H51N3S2. The molecule has 2 aromatic rings. The molecule has 1 aliphatic rings. The molecule has 0 saturated carbocycles. The van der Waals surface area contributed by atoms with E-state index in [1.165, 1.54) is 48.3 Å². The van der Waals surface area contributed by atoms with E-state index in [-0.39, 0.29) is 0 Å². The van der Waals surface area contributed by atoms with Gasteiger partial charge < -0.3 is 4.90 Å². The highest BCUT2D eigenvalue weighted by Crippen LogP contribution is 2.30. The second-order valence-electron chi connectivity index (χ2n) is 9.25. The van der Waals surface area contributed by atoms with Crippen LogP contribution in [0.3, 0.4) is 0 Å². The average Bonchev–Trinajstić information content (AvgIpc) is 3.39. The Morgan fingerprint density at radius 2 is 1.57 bits per heavy atom. The van der Waals surface area contributed by atoms with Crippen molar-refractivity contribution in [2.45, 2.75) is 73.3 Å². The summed E-state index contributed by atoms with van der Waals surface area (Å²) in [5, 5.41) is 0. The van der Waals surface area contributed by atoms with Gasteiger partial charge in [0, 0.05) is 35.8 Å². The molecule has 1 atom stereocenters. The molecule has 218 valence electrons. The lowest BCUT2D eigenvalue weighted by Gasteiger charge is -2.28. The van der Waals surface area contributed by atoms with E-state index in [9.17, 15) is 0 Å². The van der Waals surface area contributed by atoms with Crippen molar-refractivity contribution < 1.29 is 0 Å². The van der Waals surface area contributed by atoms with Crippen LogP contribution in [0.2, 0.25) is 0 Å². The van der Waals surface area contributed by atoms with E-state index in [2.05, 4.69) is 110 Å². The van der Waals surface area contributed by atoms with Crippen LogP contribution in [0.25, 0.3) is 11.1 Å². The van der Waals surface area contributed by atoms with Crippen molar-refractivity contribution in [2.24, 2.45) is 4.99 Å². The van der Waals surface area contributed by atoms with Crippen molar-refractivity contribution in [2.75, 3.05) is 24.5 Å². The Balaban J connectivity index is 0.000000991. The Kier molecular flexibility index (Phi) is 20.5. The Morgan fingerprint density at radius 3 is 2.08 bits per heavy atom. The average molecular weight is 578 g/mol. The molecule has 0 aromatic heterocycles. The van der Waals surface area contributed by atoms with Gasteiger partial charge in [0.2, 0.25) is 0 Å². The largest absolute Gasteiger partial charge is 0.334 e. The first-order valence-electron chi connectivity index (χ1n) is 14.2. The number of hydrogen-bond donors (Lipinski definition) is 0. The highest BCUT2D eigenvalue weighted by molar-refractivity contribution is 7.82. The second kappa shape index (κ2) is 22.0. The zero-order valence-electron chi connectivity index (χ0n) is 25.8. The molecule has 1 heterocycles. The highest BCUT2D eigenvalue weighted by Gasteiger charge is 2.31. The number of hydrogen-bond acceptors (Lipinski definition) is 4. The van der Waals surface area contributed by atoms with Crippen LogP contribution in [0.4, 0.5) is 5.69 Å². The maximum absolute atomic E-state index is 5.78. The molecule has 0 aliphatic carbocycles. The van der Waals surface area contributed by atoms with Gasteiger partial charge in [-0.2, -0.15) is 0 Å². The minimum atomic E-state index is 0.546. The van der Waals surface area contributed by atoms with Crippen LogP contribution in [-0.4, -0.2) is 46.1 Å². The Labute approximate surface area is 256 Å². The van der Waals surface area contributed by atoms with Gasteiger partial charge >= 0.3 is 0 Å². The summed E-state index contributed by atoms with van der Waals surface area (Å²) in [4.78, 5) is 10.9. The minimum Gasteiger partial charge on any atom is -0.334 e. The summed E-state index contributed by atoms with van der Waals surface area (Å²) in [5.41, 5.74) is 6.07. The van der Waals surface area contributed by atoms with Gasteiger partial charge in [-0.15, -0.1) is 26.3 Å². The van der Waals surface area contributed by atoms with Gasteiger partial charge in [-0.1, -0.05) is 87.7 Å². The van der Waals surface area contributed by atoms with Crippen molar-refractivity contribution in [3.8, 4) is 11.1 Å². The molecule has 3 rings (SSSR count). The van der Waals surface area contributed by atoms with E-state index in [1.807, 2.05) is 26.8 Å². The number of aliphatic imine (C=N–C) groups is 1. The molecule has 1 saturated heterocycles. The van der Waals surface area contributed by atoms with Crippen LogP contribution in [-0.2, 0) is 6.42 Å². The number of nitrogens with zero attached hydrogens (tertiary/aromatic N) is 3. The fourth-order valence-electron chi connectivity index (χ4n) is 4.30. The third-order valence-electron chi connectivity index (χ3n) is 6.42. The molecule has 0 N–H and O–H groups in total. The van der Waals surface area contributed by atoms with Crippen LogP contribution in [0.15, 0.2) is 92.1 Å². The molecule has 1 fully saturated rings. The number of benzene rings is 2. The number of rotatable bonds is 10. The van der Waals surface area contributed by atoms with E-state index in [0.29, 0.717) is 6.04 Å². The number of thiocarbonyl (C=S) groups is 2. The first-order valence-corrected chi connectivity index (χ1v) is 15.1. The minimum absolute atomic E-state index is 0.546. The summed E-state index contributed by atoms with van der Waals surface area (Å²) in [7, 11) is 0. The topological polar surface area (TPSA) is 18.8 Å². The Hall–Kier alpha value is -2.73. The number of anilines is 1. The predicted molar refractivity (Wildman–Crippen MR) is 190 cm³/mol. The standard InChI is InChI=1S/C24H32N2S.C7H11NS.2C2H4/c1-4-14-25(15-5-2)23-17-24(27)26(18-23)22-9-7-8-21(16-22)20-12-10-19(6-3)11-13-20;1-4-5-8-6(2)7(3)9;2*1-2/h7-13,16,23H,4-6,14-15,17-18H2,1-3H3;4-5H,1-3H3;2*1-2H2/b;5-4-,8-6?;;. The summed E-state index contributed by atoms with van der Waals surface area (Å²) in [6.45, 7) is 27.8. The molecule has 1 unspecified atom stereocenters. The van der Waals surface area contributed by atoms with Crippen LogP contribution >= 0.6 is 24.4 Å². The van der Waals surface area contributed by atoms with Gasteiger partial charge in [0.15, 0.2) is 0 Å². The van der Waals surface area contributed by atoms with E-state index in [1.54, 1.807) is 6.20 Å². The molecule has 2 aromatic carbocycles. The third-order valence-corrected chi connectivity index (χ3v) is 7.11. The monoisotopic (exact) mass is 577 g/mol. The normalized spacial score (nSPS) is 14.6. The summed E-state index contributed by atoms with van der Waals surface area (Å²) in [6, 6.07) is 18.3. The molecule has 1 aliphatic heterocycles. The lowest BCUT2D eigenvalue weighted by atomic mass is 10.0. The van der Waals surface area contributed by atoms with Crippen LogP contribution in [0.5, 0.6) is 0 Å². The first-order chi connectivity index (χ1) is 19.3. The zero-order valence-corrected chi connectivity index (χ0v) is 27.4. The number of allylic oxidation sites excluding steroid dienone is 1. The van der Waals surface area contributed by atoms with Gasteiger partial charge in [0.25, 0.3) is 0 Å². The molecule has 3 nitrogen and oxygen atoms in total. The summed E-state index contributed by atoms with van der Waals surface area (Å²) in [6.07, 6.45) is 8.10. The molecule has 0 radical (unpaired) electrons. The van der Waals surface area contributed by atoms with Gasteiger partial charge in [0.1, 0.15) is 0 Å². The van der Waals surface area contributed by atoms with Gasteiger partial charge in [0.05, 0.1) is 10.7 Å². The van der Waals surface area contributed by atoms with E-state index < -0.39 is 0 Å². The lowest BCUT2D eigenvalue weighted by molar-refractivity contribution is 0.213. The van der Waals surface area contributed by atoms with Gasteiger partial charge in [-0.25, -0.2) is 0 Å². The van der Waals surface area contributed by atoms with Gasteiger partial charge in [-0.3, -0.25) is 9.89 Å². The fourth-order valence-corrected chi connectivity index (χ4v) is 4.72. The fraction of sp³-hybridized carbons (Fsp3) is 0.400. The molecule has 0 amide bonds. The van der Waals surface area contributed by atoms with Crippen molar-refractivity contribution in [1.82, 2.24) is 4.90 Å². The van der Waals surface area contributed by atoms with Crippen LogP contribution < -0.4 is 4.90 Å². The molecule has 40 heavy (non-hydrogen) atoms. The highest BCUT2D eigenvalue weighted by atomic mass is 32.1. The molecule has 5 heteroatoms. The Bertz CT molecular complexity index is 1060. The smallest absolute Gasteiger partial charge is 0.0840 e. The van der Waals surface area contributed by atoms with Crippen LogP contribution in [0.1, 0.15) is 66.4 Å². The zero-order chi connectivity index (χ0) is 30.5. The molecule has 0 spiro atoms. The maximum atomic E-state index is 5.78. The predicted octanol–water partition coefficient (Wildman–Crippen LogP) is 9.92. The summed E-state index contributed by atoms with van der Waals surface area (Å²) >= 11 is 10.6. The Morgan fingerprint density at radius 1 is 0.975 bits per heavy atom. The molecule has 0 bridgehead atoms. The third kappa shape index (κ3) is 12.6. The second-order valence-corrected chi connectivity index (χ2v) is 10.3. The van der Waals surface area contributed by atoms with Crippen molar-refractivity contribution in [3.05, 3.63) is 92.7 Å². The van der Waals surface area contributed by atoms with Crippen molar-refractivity contribution in [1.29, 1.82) is 0 Å². The summed E-state index contributed by atoms with van der Waals surface area (Å²) < 4.78 is 0.